The van der Waals surface area contributed by atoms with Gasteiger partial charge in [-0.3, -0.25) is 0 Å². The molecule has 152 valence electrons. The number of hydrogen-bond acceptors (Lipinski definition) is 5. The number of methoxy groups -OCH3 is 1. The summed E-state index contributed by atoms with van der Waals surface area (Å²) in [6, 6.07) is 5.92. The second-order valence-electron chi connectivity index (χ2n) is 6.86. The molecule has 6 nitrogen and oxygen atoms in total. The van der Waals surface area contributed by atoms with Gasteiger partial charge in [0.1, 0.15) is 5.82 Å². The highest BCUT2D eigenvalue weighted by Crippen LogP contribution is 2.31. The molecule has 1 atom stereocenters. The fourth-order valence-electron chi connectivity index (χ4n) is 2.51. The van der Waals surface area contributed by atoms with E-state index in [0.29, 0.717) is 17.0 Å². The fraction of sp³-hybridized carbons (Fsp3) is 0.400. The maximum Gasteiger partial charge on any atom is 0.239 e. The molecule has 0 radical (unpaired) electrons. The van der Waals surface area contributed by atoms with E-state index in [1.165, 1.54) is 19.2 Å². The Kier molecular flexibility index (Phi) is 6.90. The largest absolute Gasteiger partial charge is 0.378 e. The van der Waals surface area contributed by atoms with Crippen molar-refractivity contribution in [3.05, 3.63) is 47.4 Å². The van der Waals surface area contributed by atoms with Crippen molar-refractivity contribution in [3.63, 3.8) is 0 Å². The zero-order valence-electron chi connectivity index (χ0n) is 17.0. The first-order valence-electron chi connectivity index (χ1n) is 8.87. The summed E-state index contributed by atoms with van der Waals surface area (Å²) in [4.78, 5) is 9.02. The van der Waals surface area contributed by atoms with E-state index in [0.717, 1.165) is 16.1 Å². The molecule has 1 heterocycles. The smallest absolute Gasteiger partial charge is 0.239 e. The third kappa shape index (κ3) is 5.14. The average Bonchev–Trinajstić information content (AvgIpc) is 2.64. The molecule has 0 aliphatic rings. The van der Waals surface area contributed by atoms with Crippen LogP contribution in [0.25, 0.3) is 17.3 Å². The van der Waals surface area contributed by atoms with E-state index in [4.69, 9.17) is 4.74 Å². The highest BCUT2D eigenvalue weighted by atomic mass is 32.2. The maximum absolute atomic E-state index is 13.4. The summed E-state index contributed by atoms with van der Waals surface area (Å²) in [6.07, 6.45) is 4.71. The molecule has 0 spiro atoms. The number of sulfonamides is 1. The molecule has 8 heteroatoms. The van der Waals surface area contributed by atoms with Crippen LogP contribution < -0.4 is 4.31 Å². The van der Waals surface area contributed by atoms with Crippen LogP contribution in [0.15, 0.2) is 30.3 Å². The minimum atomic E-state index is -3.54. The molecule has 0 fully saturated rings. The van der Waals surface area contributed by atoms with E-state index in [9.17, 15) is 12.8 Å². The van der Waals surface area contributed by atoms with E-state index in [1.807, 2.05) is 32.9 Å². The molecular formula is C20H26FN3O3S. The predicted octanol–water partition coefficient (Wildman–Crippen LogP) is 3.85. The van der Waals surface area contributed by atoms with Crippen molar-refractivity contribution < 1.29 is 17.5 Å². The second kappa shape index (κ2) is 8.79. The Morgan fingerprint density at radius 2 is 1.75 bits per heavy atom. The number of halogens is 1. The van der Waals surface area contributed by atoms with Gasteiger partial charge in [-0.1, -0.05) is 26.0 Å². The zero-order valence-corrected chi connectivity index (χ0v) is 17.8. The summed E-state index contributed by atoms with van der Waals surface area (Å²) in [5.41, 5.74) is 2.64. The summed E-state index contributed by atoms with van der Waals surface area (Å²) in [6.45, 7) is 5.84. The number of hydrogen-bond donors (Lipinski definition) is 0. The van der Waals surface area contributed by atoms with Crippen molar-refractivity contribution in [1.29, 1.82) is 0 Å². The third-order valence-electron chi connectivity index (χ3n) is 4.31. The van der Waals surface area contributed by atoms with Crippen molar-refractivity contribution in [2.24, 2.45) is 0 Å². The molecule has 0 amide bonds. The molecule has 1 aromatic carbocycles. The topological polar surface area (TPSA) is 72.4 Å². The molecule has 2 aromatic rings. The van der Waals surface area contributed by atoms with Crippen LogP contribution in [-0.4, -0.2) is 44.9 Å². The standard InChI is InChI=1S/C20H26FN3O3S/c1-13(2)18-17(12-7-14(3)27-5)19(15-8-10-16(21)11-9-15)23-20(22-18)24(4)28(6,25)26/h7-14H,1-6H3. The summed E-state index contributed by atoms with van der Waals surface area (Å²) >= 11 is 0. The molecule has 0 bridgehead atoms. The molecule has 0 saturated carbocycles. The van der Waals surface area contributed by atoms with Gasteiger partial charge in [0.25, 0.3) is 0 Å². The number of benzene rings is 1. The Hall–Kier alpha value is -2.32. The Morgan fingerprint density at radius 1 is 1.14 bits per heavy atom. The lowest BCUT2D eigenvalue weighted by molar-refractivity contribution is 0.157. The van der Waals surface area contributed by atoms with E-state index < -0.39 is 10.0 Å². The van der Waals surface area contributed by atoms with Gasteiger partial charge in [0.05, 0.1) is 23.7 Å². The van der Waals surface area contributed by atoms with Gasteiger partial charge in [-0.25, -0.2) is 27.1 Å². The number of nitrogens with zero attached hydrogens (tertiary/aromatic N) is 3. The minimum absolute atomic E-state index is 0.00593. The van der Waals surface area contributed by atoms with Gasteiger partial charge < -0.3 is 4.74 Å². The van der Waals surface area contributed by atoms with Crippen molar-refractivity contribution in [1.82, 2.24) is 9.97 Å². The lowest BCUT2D eigenvalue weighted by Crippen LogP contribution is -2.27. The van der Waals surface area contributed by atoms with Crippen molar-refractivity contribution >= 4 is 22.0 Å². The molecule has 0 saturated heterocycles. The van der Waals surface area contributed by atoms with Crippen LogP contribution in [-0.2, 0) is 14.8 Å². The number of aromatic nitrogens is 2. The van der Waals surface area contributed by atoms with Crippen molar-refractivity contribution in [3.8, 4) is 11.3 Å². The van der Waals surface area contributed by atoms with Crippen molar-refractivity contribution in [2.45, 2.75) is 32.8 Å². The van der Waals surface area contributed by atoms with Crippen LogP contribution in [0.3, 0.4) is 0 Å². The Labute approximate surface area is 166 Å². The summed E-state index contributed by atoms with van der Waals surface area (Å²) < 4.78 is 43.8. The third-order valence-corrected chi connectivity index (χ3v) is 5.47. The first-order chi connectivity index (χ1) is 13.0. The monoisotopic (exact) mass is 407 g/mol. The molecule has 1 unspecified atom stereocenters. The quantitative estimate of drug-likeness (QED) is 0.697. The average molecular weight is 408 g/mol. The van der Waals surface area contributed by atoms with Crippen molar-refractivity contribution in [2.75, 3.05) is 24.7 Å². The van der Waals surface area contributed by atoms with Gasteiger partial charge in [-0.05, 0) is 37.1 Å². The Morgan fingerprint density at radius 3 is 2.25 bits per heavy atom. The van der Waals surface area contributed by atoms with Crippen LogP contribution in [0.2, 0.25) is 0 Å². The highest BCUT2D eigenvalue weighted by molar-refractivity contribution is 7.92. The van der Waals surface area contributed by atoms with Gasteiger partial charge in [-0.2, -0.15) is 0 Å². The van der Waals surface area contributed by atoms with Gasteiger partial charge in [-0.15, -0.1) is 0 Å². The SMILES string of the molecule is COC(C)C=Cc1c(-c2ccc(F)cc2)nc(N(C)S(C)(=O)=O)nc1C(C)C. The lowest BCUT2D eigenvalue weighted by Gasteiger charge is -2.20. The highest BCUT2D eigenvalue weighted by Gasteiger charge is 2.22. The fourth-order valence-corrected chi connectivity index (χ4v) is 2.88. The zero-order chi connectivity index (χ0) is 21.1. The van der Waals surface area contributed by atoms with E-state index >= 15 is 0 Å². The van der Waals surface area contributed by atoms with E-state index in [-0.39, 0.29) is 23.8 Å². The van der Waals surface area contributed by atoms with Crippen LogP contribution in [0.1, 0.15) is 37.9 Å². The normalized spacial score (nSPS) is 13.3. The predicted molar refractivity (Wildman–Crippen MR) is 110 cm³/mol. The summed E-state index contributed by atoms with van der Waals surface area (Å²) in [5.74, 6) is -0.283. The molecule has 2 rings (SSSR count). The molecule has 0 aliphatic carbocycles. The molecule has 1 aromatic heterocycles. The Bertz CT molecular complexity index is 957. The maximum atomic E-state index is 13.4. The number of anilines is 1. The van der Waals surface area contributed by atoms with E-state index in [2.05, 4.69) is 9.97 Å². The molecule has 28 heavy (non-hydrogen) atoms. The first-order valence-corrected chi connectivity index (χ1v) is 10.7. The second-order valence-corrected chi connectivity index (χ2v) is 8.88. The molecular weight excluding hydrogens is 381 g/mol. The summed E-state index contributed by atoms with van der Waals surface area (Å²) in [5, 5.41) is 0. The minimum Gasteiger partial charge on any atom is -0.378 e. The molecule has 0 aliphatic heterocycles. The van der Waals surface area contributed by atoms with Crippen LogP contribution in [0.4, 0.5) is 10.3 Å². The van der Waals surface area contributed by atoms with Gasteiger partial charge in [0, 0.05) is 25.3 Å². The summed E-state index contributed by atoms with van der Waals surface area (Å²) in [7, 11) is -0.517. The Balaban J connectivity index is 2.80. The van der Waals surface area contributed by atoms with Gasteiger partial charge in [0.15, 0.2) is 0 Å². The van der Waals surface area contributed by atoms with Crippen LogP contribution in [0.5, 0.6) is 0 Å². The number of ether oxygens (including phenoxy) is 1. The van der Waals surface area contributed by atoms with Gasteiger partial charge >= 0.3 is 0 Å². The number of rotatable bonds is 7. The van der Waals surface area contributed by atoms with Crippen LogP contribution in [0, 0.1) is 5.82 Å². The first kappa shape index (κ1) is 22.0. The lowest BCUT2D eigenvalue weighted by atomic mass is 9.98. The van der Waals surface area contributed by atoms with Gasteiger partial charge in [0.2, 0.25) is 16.0 Å². The van der Waals surface area contributed by atoms with Crippen LogP contribution >= 0.6 is 0 Å². The van der Waals surface area contributed by atoms with E-state index in [1.54, 1.807) is 19.2 Å². The molecule has 0 N–H and O–H groups in total.